The van der Waals surface area contributed by atoms with Crippen molar-refractivity contribution in [1.29, 1.82) is 0 Å². The fourth-order valence-corrected chi connectivity index (χ4v) is 3.28. The van der Waals surface area contributed by atoms with E-state index in [1.807, 2.05) is 12.2 Å². The topological polar surface area (TPSA) is 37.3 Å². The molecule has 0 aromatic rings. The van der Waals surface area contributed by atoms with Gasteiger partial charge in [-0.15, -0.1) is 0 Å². The summed E-state index contributed by atoms with van der Waals surface area (Å²) >= 11 is 0. The van der Waals surface area contributed by atoms with E-state index in [0.29, 0.717) is 11.7 Å². The second-order valence-electron chi connectivity index (χ2n) is 4.22. The lowest BCUT2D eigenvalue weighted by atomic mass is 9.85. The van der Waals surface area contributed by atoms with Crippen LogP contribution in [-0.2, 0) is 4.79 Å². The summed E-state index contributed by atoms with van der Waals surface area (Å²) in [4.78, 5) is 11.6. The van der Waals surface area contributed by atoms with Gasteiger partial charge in [0.05, 0.1) is 6.10 Å². The van der Waals surface area contributed by atoms with Gasteiger partial charge >= 0.3 is 0 Å². The van der Waals surface area contributed by atoms with Gasteiger partial charge in [-0.3, -0.25) is 4.79 Å². The van der Waals surface area contributed by atoms with Crippen molar-refractivity contribution in [2.75, 3.05) is 0 Å². The molecule has 0 aromatic carbocycles. The first-order valence-corrected chi connectivity index (χ1v) is 4.69. The molecule has 3 aliphatic carbocycles. The number of fused-ring (bicyclic) bond motifs is 5. The number of allylic oxidation sites excluding steroid dienone is 2. The van der Waals surface area contributed by atoms with E-state index in [-0.39, 0.29) is 23.9 Å². The third-order valence-corrected chi connectivity index (χ3v) is 3.79. The van der Waals surface area contributed by atoms with Gasteiger partial charge in [0.2, 0.25) is 0 Å². The fraction of sp³-hybridized carbons (Fsp3) is 0.700. The lowest BCUT2D eigenvalue weighted by Gasteiger charge is -2.20. The van der Waals surface area contributed by atoms with Crippen molar-refractivity contribution in [2.45, 2.75) is 18.9 Å². The van der Waals surface area contributed by atoms with Gasteiger partial charge in [0.1, 0.15) is 5.78 Å². The summed E-state index contributed by atoms with van der Waals surface area (Å²) in [5.41, 5.74) is 0. The molecule has 0 radical (unpaired) electrons. The number of hydrogen-bond acceptors (Lipinski definition) is 2. The van der Waals surface area contributed by atoms with Crippen LogP contribution in [0.2, 0.25) is 0 Å². The van der Waals surface area contributed by atoms with Crippen LogP contribution in [0.1, 0.15) is 12.8 Å². The smallest absolute Gasteiger partial charge is 0.147 e. The van der Waals surface area contributed by atoms with E-state index in [0.717, 1.165) is 12.8 Å². The Labute approximate surface area is 71.3 Å². The van der Waals surface area contributed by atoms with Crippen LogP contribution in [0.4, 0.5) is 0 Å². The molecule has 2 bridgehead atoms. The summed E-state index contributed by atoms with van der Waals surface area (Å²) < 4.78 is 0. The van der Waals surface area contributed by atoms with E-state index in [1.54, 1.807) is 0 Å². The summed E-state index contributed by atoms with van der Waals surface area (Å²) in [6.45, 7) is 0. The summed E-state index contributed by atoms with van der Waals surface area (Å²) in [5.74, 6) is 1.34. The number of rotatable bonds is 0. The Morgan fingerprint density at radius 2 is 2.00 bits per heavy atom. The zero-order chi connectivity index (χ0) is 8.29. The van der Waals surface area contributed by atoms with E-state index in [9.17, 15) is 9.90 Å². The van der Waals surface area contributed by atoms with Crippen molar-refractivity contribution in [3.05, 3.63) is 12.2 Å². The molecular formula is C10H12O2. The number of Topliss-reactive ketones (excluding diaryl/α,β-unsaturated/α-hetero) is 1. The Kier molecular flexibility index (Phi) is 1.14. The quantitative estimate of drug-likeness (QED) is 0.537. The van der Waals surface area contributed by atoms with Crippen LogP contribution in [0.5, 0.6) is 0 Å². The Balaban J connectivity index is 2.03. The zero-order valence-electron chi connectivity index (χ0n) is 6.81. The van der Waals surface area contributed by atoms with Crippen molar-refractivity contribution in [3.63, 3.8) is 0 Å². The van der Waals surface area contributed by atoms with Gasteiger partial charge < -0.3 is 5.11 Å². The third-order valence-electron chi connectivity index (χ3n) is 3.79. The molecule has 2 nitrogen and oxygen atoms in total. The van der Waals surface area contributed by atoms with Gasteiger partial charge in [0.25, 0.3) is 0 Å². The molecule has 2 heteroatoms. The minimum absolute atomic E-state index is 0.0671. The van der Waals surface area contributed by atoms with Crippen LogP contribution in [0.25, 0.3) is 0 Å². The van der Waals surface area contributed by atoms with Crippen LogP contribution in [0.15, 0.2) is 12.2 Å². The summed E-state index contributed by atoms with van der Waals surface area (Å²) in [5, 5.41) is 9.65. The van der Waals surface area contributed by atoms with Crippen molar-refractivity contribution in [3.8, 4) is 0 Å². The summed E-state index contributed by atoms with van der Waals surface area (Å²) in [7, 11) is 0. The first-order chi connectivity index (χ1) is 5.79. The van der Waals surface area contributed by atoms with E-state index in [4.69, 9.17) is 0 Å². The maximum Gasteiger partial charge on any atom is 0.147 e. The highest BCUT2D eigenvalue weighted by atomic mass is 16.3. The molecule has 0 amide bonds. The maximum absolute atomic E-state index is 11.6. The van der Waals surface area contributed by atoms with Crippen molar-refractivity contribution in [1.82, 2.24) is 0 Å². The number of carbonyl (C=O) groups excluding carboxylic acids is 1. The number of ketones is 1. The number of carbonyl (C=O) groups is 1. The van der Waals surface area contributed by atoms with Crippen LogP contribution >= 0.6 is 0 Å². The molecule has 0 unspecified atom stereocenters. The van der Waals surface area contributed by atoms with Crippen molar-refractivity contribution >= 4 is 5.78 Å². The van der Waals surface area contributed by atoms with Crippen LogP contribution in [0.3, 0.4) is 0 Å². The Bertz CT molecular complexity index is 269. The first kappa shape index (κ1) is 6.84. The van der Waals surface area contributed by atoms with E-state index < -0.39 is 0 Å². The Hall–Kier alpha value is -0.630. The molecule has 2 fully saturated rings. The van der Waals surface area contributed by atoms with Crippen molar-refractivity contribution < 1.29 is 9.90 Å². The van der Waals surface area contributed by atoms with Gasteiger partial charge in [-0.05, 0) is 18.8 Å². The highest BCUT2D eigenvalue weighted by Gasteiger charge is 2.55. The zero-order valence-corrected chi connectivity index (χ0v) is 6.81. The minimum Gasteiger partial charge on any atom is -0.393 e. The molecule has 0 heterocycles. The fourth-order valence-electron chi connectivity index (χ4n) is 3.28. The number of hydrogen-bond donors (Lipinski definition) is 1. The predicted octanol–water partition coefficient (Wildman–Crippen LogP) is 0.758. The average Bonchev–Trinajstić information content (AvgIpc) is 2.66. The Morgan fingerprint density at radius 1 is 1.25 bits per heavy atom. The van der Waals surface area contributed by atoms with Gasteiger partial charge in [-0.2, -0.15) is 0 Å². The second-order valence-corrected chi connectivity index (χ2v) is 4.22. The summed E-state index contributed by atoms with van der Waals surface area (Å²) in [6.07, 6.45) is 5.79. The molecule has 0 spiro atoms. The summed E-state index contributed by atoms with van der Waals surface area (Å²) in [6, 6.07) is 0. The van der Waals surface area contributed by atoms with Crippen LogP contribution in [0, 0.1) is 23.7 Å². The number of aliphatic hydroxyl groups excluding tert-OH is 1. The standard InChI is InChI=1S/C10H12O2/c11-8-4-3-5-6-1-2-7(9(5)8)10(6)12/h1-2,5-9,11H,3-4H2/t5-,6+,7-,8-,9-/m0/s1. The predicted molar refractivity (Wildman–Crippen MR) is 43.3 cm³/mol. The molecule has 1 N–H and O–H groups in total. The first-order valence-electron chi connectivity index (χ1n) is 4.69. The lowest BCUT2D eigenvalue weighted by molar-refractivity contribution is -0.121. The SMILES string of the molecule is O=C1[C@H]2C=C[C@@H]1[C@@H]1CC[C@H](O)[C@@H]12. The van der Waals surface area contributed by atoms with E-state index >= 15 is 0 Å². The monoisotopic (exact) mass is 164 g/mol. The molecule has 0 aliphatic heterocycles. The van der Waals surface area contributed by atoms with Crippen molar-refractivity contribution in [2.24, 2.45) is 23.7 Å². The third kappa shape index (κ3) is 0.589. The second kappa shape index (κ2) is 1.99. The largest absolute Gasteiger partial charge is 0.393 e. The highest BCUT2D eigenvalue weighted by molar-refractivity contribution is 5.92. The lowest BCUT2D eigenvalue weighted by Crippen LogP contribution is -2.23. The molecule has 3 aliphatic rings. The van der Waals surface area contributed by atoms with E-state index in [2.05, 4.69) is 0 Å². The molecule has 64 valence electrons. The molecule has 0 saturated heterocycles. The minimum atomic E-state index is -0.209. The number of aliphatic hydroxyl groups is 1. The Morgan fingerprint density at radius 3 is 2.75 bits per heavy atom. The van der Waals surface area contributed by atoms with Gasteiger partial charge in [0, 0.05) is 17.8 Å². The molecule has 5 atom stereocenters. The highest BCUT2D eigenvalue weighted by Crippen LogP contribution is 2.53. The van der Waals surface area contributed by atoms with Gasteiger partial charge in [-0.1, -0.05) is 12.2 Å². The molecule has 0 aromatic heterocycles. The molecule has 2 saturated carbocycles. The molecule has 12 heavy (non-hydrogen) atoms. The normalized spacial score (nSPS) is 55.1. The molecular weight excluding hydrogens is 152 g/mol. The van der Waals surface area contributed by atoms with Gasteiger partial charge in [-0.25, -0.2) is 0 Å². The van der Waals surface area contributed by atoms with E-state index in [1.165, 1.54) is 0 Å². The maximum atomic E-state index is 11.6. The van der Waals surface area contributed by atoms with Crippen LogP contribution in [-0.4, -0.2) is 17.0 Å². The van der Waals surface area contributed by atoms with Crippen LogP contribution < -0.4 is 0 Å². The van der Waals surface area contributed by atoms with Gasteiger partial charge in [0.15, 0.2) is 0 Å². The molecule has 3 rings (SSSR count). The average molecular weight is 164 g/mol.